The predicted octanol–water partition coefficient (Wildman–Crippen LogP) is 2.68. The maximum absolute atomic E-state index is 14.0. The molecule has 1 fully saturated rings. The lowest BCUT2D eigenvalue weighted by Gasteiger charge is -2.39. The quantitative estimate of drug-likeness (QED) is 0.792. The Kier molecular flexibility index (Phi) is 2.55. The third kappa shape index (κ3) is 2.20. The minimum Gasteiger partial charge on any atom is -0.327 e. The Bertz CT molecular complexity index is 367. The van der Waals surface area contributed by atoms with Crippen LogP contribution < -0.4 is 5.73 Å². The topological polar surface area (TPSA) is 26.0 Å². The number of nitrogens with two attached hydrogens (primary N) is 1. The summed E-state index contributed by atoms with van der Waals surface area (Å²) in [7, 11) is 0. The molecule has 0 radical (unpaired) electrons. The molecule has 0 aromatic heterocycles. The van der Waals surface area contributed by atoms with Gasteiger partial charge in [0.1, 0.15) is 5.67 Å². The van der Waals surface area contributed by atoms with Gasteiger partial charge in [-0.3, -0.25) is 0 Å². The molecule has 1 aromatic carbocycles. The van der Waals surface area contributed by atoms with Crippen molar-refractivity contribution in [2.45, 2.75) is 44.8 Å². The minimum atomic E-state index is -1.04. The maximum Gasteiger partial charge on any atom is 0.118 e. The molecule has 82 valence electrons. The van der Waals surface area contributed by atoms with Crippen LogP contribution in [0.1, 0.15) is 29.5 Å². The summed E-state index contributed by atoms with van der Waals surface area (Å²) in [6.07, 6.45) is 1.54. The van der Waals surface area contributed by atoms with Crippen molar-refractivity contribution in [3.8, 4) is 0 Å². The predicted molar refractivity (Wildman–Crippen MR) is 60.7 cm³/mol. The van der Waals surface area contributed by atoms with Gasteiger partial charge in [-0.1, -0.05) is 18.2 Å². The highest BCUT2D eigenvalue weighted by atomic mass is 19.1. The molecule has 1 aliphatic rings. The fraction of sp³-hybridized carbons (Fsp3) is 0.538. The highest BCUT2D eigenvalue weighted by Gasteiger charge is 2.42. The zero-order chi connectivity index (χ0) is 11.1. The molecule has 0 aliphatic heterocycles. The molecule has 2 N–H and O–H groups in total. The van der Waals surface area contributed by atoms with Gasteiger partial charge in [0.15, 0.2) is 0 Å². The first-order chi connectivity index (χ1) is 6.98. The maximum atomic E-state index is 14.0. The van der Waals surface area contributed by atoms with E-state index in [1.165, 1.54) is 11.1 Å². The van der Waals surface area contributed by atoms with Crippen molar-refractivity contribution >= 4 is 0 Å². The average molecular weight is 207 g/mol. The van der Waals surface area contributed by atoms with E-state index in [2.05, 4.69) is 26.0 Å². The highest BCUT2D eigenvalue weighted by Crippen LogP contribution is 2.38. The van der Waals surface area contributed by atoms with Crippen LogP contribution in [0.3, 0.4) is 0 Å². The first kappa shape index (κ1) is 10.6. The second kappa shape index (κ2) is 3.60. The van der Waals surface area contributed by atoms with Gasteiger partial charge in [-0.2, -0.15) is 0 Å². The van der Waals surface area contributed by atoms with Gasteiger partial charge in [-0.05, 0) is 43.4 Å². The van der Waals surface area contributed by atoms with Gasteiger partial charge in [0.2, 0.25) is 0 Å². The lowest BCUT2D eigenvalue weighted by Crippen LogP contribution is -2.49. The Morgan fingerprint density at radius 1 is 1.33 bits per heavy atom. The van der Waals surface area contributed by atoms with Crippen LogP contribution in [0.4, 0.5) is 4.39 Å². The van der Waals surface area contributed by atoms with Gasteiger partial charge >= 0.3 is 0 Å². The molecule has 0 atom stereocenters. The highest BCUT2D eigenvalue weighted by molar-refractivity contribution is 5.31. The summed E-state index contributed by atoms with van der Waals surface area (Å²) < 4.78 is 14.0. The molecule has 15 heavy (non-hydrogen) atoms. The van der Waals surface area contributed by atoms with Gasteiger partial charge in [0.25, 0.3) is 0 Å². The number of alkyl halides is 1. The number of rotatable bonds is 2. The lowest BCUT2D eigenvalue weighted by molar-refractivity contribution is 0.0444. The Balaban J connectivity index is 2.08. The molecule has 0 saturated heterocycles. The molecular formula is C13H18FN. The fourth-order valence-corrected chi connectivity index (χ4v) is 2.30. The Hall–Kier alpha value is -0.890. The van der Waals surface area contributed by atoms with E-state index >= 15 is 0 Å². The Morgan fingerprint density at radius 2 is 2.00 bits per heavy atom. The van der Waals surface area contributed by atoms with E-state index in [-0.39, 0.29) is 6.04 Å². The van der Waals surface area contributed by atoms with Crippen molar-refractivity contribution in [2.75, 3.05) is 0 Å². The number of hydrogen-bond acceptors (Lipinski definition) is 1. The summed E-state index contributed by atoms with van der Waals surface area (Å²) >= 11 is 0. The average Bonchev–Trinajstić information content (AvgIpc) is 2.09. The SMILES string of the molecule is Cc1ccc(CC2(F)CC(N)C2)cc1C. The Labute approximate surface area is 90.5 Å². The van der Waals surface area contributed by atoms with Crippen molar-refractivity contribution in [1.82, 2.24) is 0 Å². The normalized spacial score (nSPS) is 30.0. The summed E-state index contributed by atoms with van der Waals surface area (Å²) in [5.74, 6) is 0. The molecule has 1 aromatic rings. The van der Waals surface area contributed by atoms with Crippen LogP contribution in [0.5, 0.6) is 0 Å². The molecule has 1 nitrogen and oxygen atoms in total. The van der Waals surface area contributed by atoms with E-state index < -0.39 is 5.67 Å². The fourth-order valence-electron chi connectivity index (χ4n) is 2.30. The standard InChI is InChI=1S/C13H18FN/c1-9-3-4-11(5-10(9)2)6-13(14)7-12(15)8-13/h3-5,12H,6-8,15H2,1-2H3. The molecule has 0 bridgehead atoms. The number of benzene rings is 1. The first-order valence-electron chi connectivity index (χ1n) is 5.49. The van der Waals surface area contributed by atoms with E-state index in [0.717, 1.165) is 5.56 Å². The van der Waals surface area contributed by atoms with Crippen LogP contribution in [0.2, 0.25) is 0 Å². The van der Waals surface area contributed by atoms with Crippen molar-refractivity contribution in [3.05, 3.63) is 34.9 Å². The largest absolute Gasteiger partial charge is 0.327 e. The van der Waals surface area contributed by atoms with Crippen LogP contribution in [-0.2, 0) is 6.42 Å². The molecular weight excluding hydrogens is 189 g/mol. The molecule has 2 rings (SSSR count). The minimum absolute atomic E-state index is 0.0709. The summed E-state index contributed by atoms with van der Waals surface area (Å²) in [5, 5.41) is 0. The molecule has 0 unspecified atom stereocenters. The summed E-state index contributed by atoms with van der Waals surface area (Å²) in [5.41, 5.74) is 8.17. The van der Waals surface area contributed by atoms with Gasteiger partial charge in [-0.25, -0.2) is 4.39 Å². The third-order valence-corrected chi connectivity index (χ3v) is 3.35. The monoisotopic (exact) mass is 207 g/mol. The van der Waals surface area contributed by atoms with E-state index in [1.807, 2.05) is 6.07 Å². The van der Waals surface area contributed by atoms with E-state index in [9.17, 15) is 4.39 Å². The summed E-state index contributed by atoms with van der Waals surface area (Å²) in [4.78, 5) is 0. The zero-order valence-corrected chi connectivity index (χ0v) is 9.39. The van der Waals surface area contributed by atoms with Gasteiger partial charge < -0.3 is 5.73 Å². The molecule has 1 aliphatic carbocycles. The van der Waals surface area contributed by atoms with Gasteiger partial charge in [-0.15, -0.1) is 0 Å². The third-order valence-electron chi connectivity index (χ3n) is 3.35. The lowest BCUT2D eigenvalue weighted by atomic mass is 9.74. The van der Waals surface area contributed by atoms with Crippen molar-refractivity contribution < 1.29 is 4.39 Å². The van der Waals surface area contributed by atoms with Crippen LogP contribution in [0.15, 0.2) is 18.2 Å². The molecule has 0 heterocycles. The molecule has 0 amide bonds. The molecule has 1 saturated carbocycles. The summed E-state index contributed by atoms with van der Waals surface area (Å²) in [6.45, 7) is 4.14. The smallest absolute Gasteiger partial charge is 0.118 e. The van der Waals surface area contributed by atoms with E-state index in [1.54, 1.807) is 0 Å². The number of hydrogen-bond donors (Lipinski definition) is 1. The second-order valence-electron chi connectivity index (χ2n) is 4.91. The van der Waals surface area contributed by atoms with E-state index in [4.69, 9.17) is 5.73 Å². The molecule has 2 heteroatoms. The summed E-state index contributed by atoms with van der Waals surface area (Å²) in [6, 6.07) is 6.24. The first-order valence-corrected chi connectivity index (χ1v) is 5.49. The molecule has 0 spiro atoms. The second-order valence-corrected chi connectivity index (χ2v) is 4.91. The van der Waals surface area contributed by atoms with Crippen LogP contribution in [0, 0.1) is 13.8 Å². The van der Waals surface area contributed by atoms with Crippen molar-refractivity contribution in [2.24, 2.45) is 5.73 Å². The van der Waals surface area contributed by atoms with Gasteiger partial charge in [0, 0.05) is 12.5 Å². The van der Waals surface area contributed by atoms with Crippen LogP contribution >= 0.6 is 0 Å². The van der Waals surface area contributed by atoms with E-state index in [0.29, 0.717) is 19.3 Å². The van der Waals surface area contributed by atoms with Gasteiger partial charge in [0.05, 0.1) is 0 Å². The van der Waals surface area contributed by atoms with Crippen LogP contribution in [0.25, 0.3) is 0 Å². The van der Waals surface area contributed by atoms with Crippen LogP contribution in [-0.4, -0.2) is 11.7 Å². The Morgan fingerprint density at radius 3 is 2.53 bits per heavy atom. The number of aryl methyl sites for hydroxylation is 2. The van der Waals surface area contributed by atoms with Crippen molar-refractivity contribution in [1.29, 1.82) is 0 Å². The van der Waals surface area contributed by atoms with Crippen molar-refractivity contribution in [3.63, 3.8) is 0 Å². The number of halogens is 1. The zero-order valence-electron chi connectivity index (χ0n) is 9.39.